The zero-order chi connectivity index (χ0) is 23.5. The summed E-state index contributed by atoms with van der Waals surface area (Å²) in [4.78, 5) is 28.2. The molecular formula is C25H20FN3O4. The van der Waals surface area contributed by atoms with E-state index in [-0.39, 0.29) is 11.3 Å². The van der Waals surface area contributed by atoms with Crippen LogP contribution >= 0.6 is 0 Å². The van der Waals surface area contributed by atoms with Crippen LogP contribution in [0.25, 0.3) is 11.4 Å². The van der Waals surface area contributed by atoms with Gasteiger partial charge in [-0.2, -0.15) is 0 Å². The molecule has 166 valence electrons. The molecule has 4 rings (SSSR count). The first-order valence-corrected chi connectivity index (χ1v) is 10.0. The number of aromatic nitrogens is 2. The van der Waals surface area contributed by atoms with Crippen molar-refractivity contribution in [2.24, 2.45) is 7.05 Å². The molecule has 8 heteroatoms. The summed E-state index contributed by atoms with van der Waals surface area (Å²) in [6.45, 7) is 1.81. The van der Waals surface area contributed by atoms with Crippen LogP contribution in [-0.2, 0) is 7.05 Å². The Morgan fingerprint density at radius 3 is 2.58 bits per heavy atom. The minimum Gasteiger partial charge on any atom is -0.478 e. The Morgan fingerprint density at radius 1 is 1.03 bits per heavy atom. The highest BCUT2D eigenvalue weighted by Crippen LogP contribution is 2.27. The average Bonchev–Trinajstić information content (AvgIpc) is 3.19. The van der Waals surface area contributed by atoms with Gasteiger partial charge in [-0.1, -0.05) is 12.1 Å². The summed E-state index contributed by atoms with van der Waals surface area (Å²) < 4.78 is 21.6. The van der Waals surface area contributed by atoms with Crippen LogP contribution in [0.1, 0.15) is 26.3 Å². The second-order valence-corrected chi connectivity index (χ2v) is 7.47. The molecule has 4 aromatic rings. The lowest BCUT2D eigenvalue weighted by atomic mass is 10.1. The molecule has 1 amide bonds. The van der Waals surface area contributed by atoms with E-state index in [9.17, 15) is 19.1 Å². The maximum atomic E-state index is 14.0. The van der Waals surface area contributed by atoms with Crippen molar-refractivity contribution in [2.45, 2.75) is 6.92 Å². The minimum atomic E-state index is -1.02. The zero-order valence-electron chi connectivity index (χ0n) is 17.9. The van der Waals surface area contributed by atoms with Crippen molar-refractivity contribution in [1.29, 1.82) is 0 Å². The van der Waals surface area contributed by atoms with Crippen molar-refractivity contribution >= 4 is 17.6 Å². The maximum Gasteiger partial charge on any atom is 0.337 e. The van der Waals surface area contributed by atoms with Gasteiger partial charge in [0, 0.05) is 31.1 Å². The number of pyridine rings is 1. The summed E-state index contributed by atoms with van der Waals surface area (Å²) in [6.07, 6.45) is 3.06. The molecule has 33 heavy (non-hydrogen) atoms. The van der Waals surface area contributed by atoms with Gasteiger partial charge in [-0.3, -0.25) is 9.78 Å². The number of nitrogens with one attached hydrogen (secondary N) is 1. The van der Waals surface area contributed by atoms with Crippen molar-refractivity contribution in [2.75, 3.05) is 5.32 Å². The molecule has 0 unspecified atom stereocenters. The Hall–Kier alpha value is -4.46. The van der Waals surface area contributed by atoms with Crippen molar-refractivity contribution in [3.63, 3.8) is 0 Å². The maximum absolute atomic E-state index is 14.0. The summed E-state index contributed by atoms with van der Waals surface area (Å²) in [5.74, 6) is -1.14. The van der Waals surface area contributed by atoms with Crippen molar-refractivity contribution in [3.05, 3.63) is 95.6 Å². The SMILES string of the molecule is Cc1ccc(F)c(NC(=O)c2cccc(Oc3ccnc(-c4cc(C(=O)O)cn4C)c3)c2)c1. The second-order valence-electron chi connectivity index (χ2n) is 7.47. The number of rotatable bonds is 6. The van der Waals surface area contributed by atoms with E-state index >= 15 is 0 Å². The number of ether oxygens (including phenoxy) is 1. The lowest BCUT2D eigenvalue weighted by Crippen LogP contribution is -2.13. The Kier molecular flexibility index (Phi) is 5.91. The van der Waals surface area contributed by atoms with E-state index in [4.69, 9.17) is 4.74 Å². The van der Waals surface area contributed by atoms with Crippen LogP contribution < -0.4 is 10.1 Å². The van der Waals surface area contributed by atoms with Gasteiger partial charge < -0.3 is 19.7 Å². The summed E-state index contributed by atoms with van der Waals surface area (Å²) in [7, 11) is 1.73. The molecule has 0 saturated carbocycles. The van der Waals surface area contributed by atoms with Crippen LogP contribution in [0.15, 0.2) is 73.1 Å². The third kappa shape index (κ3) is 4.90. The third-order valence-corrected chi connectivity index (χ3v) is 4.95. The van der Waals surface area contributed by atoms with E-state index in [2.05, 4.69) is 10.3 Å². The Bertz CT molecular complexity index is 1360. The van der Waals surface area contributed by atoms with E-state index in [0.717, 1.165) is 5.56 Å². The second kappa shape index (κ2) is 8.96. The van der Waals surface area contributed by atoms with Gasteiger partial charge in [0.05, 0.1) is 22.6 Å². The molecule has 0 saturated heterocycles. The number of nitrogens with zero attached hydrogens (tertiary/aromatic N) is 2. The Labute approximate surface area is 189 Å². The predicted molar refractivity (Wildman–Crippen MR) is 121 cm³/mol. The van der Waals surface area contributed by atoms with Crippen LogP contribution in [0.2, 0.25) is 0 Å². The normalized spacial score (nSPS) is 10.6. The van der Waals surface area contributed by atoms with E-state index < -0.39 is 17.7 Å². The largest absolute Gasteiger partial charge is 0.478 e. The minimum absolute atomic E-state index is 0.105. The molecule has 2 N–H and O–H groups in total. The highest BCUT2D eigenvalue weighted by Gasteiger charge is 2.14. The highest BCUT2D eigenvalue weighted by molar-refractivity contribution is 6.04. The third-order valence-electron chi connectivity index (χ3n) is 4.95. The van der Waals surface area contributed by atoms with Crippen LogP contribution in [-0.4, -0.2) is 26.5 Å². The summed E-state index contributed by atoms with van der Waals surface area (Å²) in [5.41, 5.74) is 2.54. The van der Waals surface area contributed by atoms with Gasteiger partial charge in [0.15, 0.2) is 0 Å². The molecule has 2 heterocycles. The number of halogens is 1. The number of hydrogen-bond donors (Lipinski definition) is 2. The van der Waals surface area contributed by atoms with E-state index in [1.807, 2.05) is 6.92 Å². The lowest BCUT2D eigenvalue weighted by molar-refractivity contribution is 0.0696. The van der Waals surface area contributed by atoms with Gasteiger partial charge in [0.1, 0.15) is 17.3 Å². The fourth-order valence-electron chi connectivity index (χ4n) is 3.32. The molecule has 2 aromatic heterocycles. The number of aryl methyl sites for hydroxylation is 2. The highest BCUT2D eigenvalue weighted by atomic mass is 19.1. The molecule has 0 atom stereocenters. The molecule has 0 aliphatic heterocycles. The molecule has 7 nitrogen and oxygen atoms in total. The number of carbonyl (C=O) groups is 2. The van der Waals surface area contributed by atoms with Crippen LogP contribution in [0, 0.1) is 12.7 Å². The van der Waals surface area contributed by atoms with Crippen LogP contribution in [0.3, 0.4) is 0 Å². The van der Waals surface area contributed by atoms with E-state index in [0.29, 0.717) is 28.5 Å². The molecule has 0 bridgehead atoms. The molecule has 0 radical (unpaired) electrons. The van der Waals surface area contributed by atoms with Gasteiger partial charge in [0.2, 0.25) is 0 Å². The zero-order valence-corrected chi connectivity index (χ0v) is 17.9. The molecule has 0 fully saturated rings. The Balaban J connectivity index is 1.54. The van der Waals surface area contributed by atoms with Gasteiger partial charge >= 0.3 is 5.97 Å². The number of amides is 1. The van der Waals surface area contributed by atoms with E-state index in [1.165, 1.54) is 18.3 Å². The number of anilines is 1. The average molecular weight is 445 g/mol. The smallest absolute Gasteiger partial charge is 0.337 e. The predicted octanol–water partition coefficient (Wildman–Crippen LogP) is 5.28. The number of hydrogen-bond acceptors (Lipinski definition) is 4. The first-order chi connectivity index (χ1) is 15.8. The fourth-order valence-corrected chi connectivity index (χ4v) is 3.32. The van der Waals surface area contributed by atoms with Gasteiger partial charge in [-0.05, 0) is 55.0 Å². The van der Waals surface area contributed by atoms with Gasteiger partial charge in [-0.15, -0.1) is 0 Å². The Morgan fingerprint density at radius 2 is 1.82 bits per heavy atom. The summed E-state index contributed by atoms with van der Waals surface area (Å²) in [6, 6.07) is 15.9. The quantitative estimate of drug-likeness (QED) is 0.421. The number of carboxylic acid groups (broad SMARTS) is 1. The standard InChI is InChI=1S/C25H20FN3O4/c1-15-6-7-20(26)21(10-15)28-24(30)16-4-3-5-18(11-16)33-19-8-9-27-22(13-19)23-12-17(25(31)32)14-29(23)2/h3-14H,1-2H3,(H,28,30)(H,31,32). The van der Waals surface area contributed by atoms with Gasteiger partial charge in [0.25, 0.3) is 5.91 Å². The first-order valence-electron chi connectivity index (χ1n) is 10.0. The van der Waals surface area contributed by atoms with Gasteiger partial charge in [-0.25, -0.2) is 9.18 Å². The first kappa shape index (κ1) is 21.8. The molecule has 0 spiro atoms. The monoisotopic (exact) mass is 445 g/mol. The van der Waals surface area contributed by atoms with E-state index in [1.54, 1.807) is 66.3 Å². The number of benzene rings is 2. The fraction of sp³-hybridized carbons (Fsp3) is 0.0800. The van der Waals surface area contributed by atoms with Crippen molar-refractivity contribution in [1.82, 2.24) is 9.55 Å². The number of carbonyl (C=O) groups excluding carboxylic acids is 1. The molecule has 2 aromatic carbocycles. The van der Waals surface area contributed by atoms with Crippen molar-refractivity contribution < 1.29 is 23.8 Å². The molecule has 0 aliphatic rings. The van der Waals surface area contributed by atoms with Crippen molar-refractivity contribution in [3.8, 4) is 22.9 Å². The molecular weight excluding hydrogens is 425 g/mol. The number of aromatic carboxylic acids is 1. The summed E-state index contributed by atoms with van der Waals surface area (Å²) in [5, 5.41) is 11.8. The van der Waals surface area contributed by atoms with Crippen LogP contribution in [0.5, 0.6) is 11.5 Å². The van der Waals surface area contributed by atoms with Crippen LogP contribution in [0.4, 0.5) is 10.1 Å². The lowest BCUT2D eigenvalue weighted by Gasteiger charge is -2.10. The summed E-state index contributed by atoms with van der Waals surface area (Å²) >= 11 is 0. The molecule has 0 aliphatic carbocycles. The number of carboxylic acids is 1. The topological polar surface area (TPSA) is 93.4 Å².